The highest BCUT2D eigenvalue weighted by atomic mass is 35.5. The Kier molecular flexibility index (Phi) is 9.22. The molecule has 3 amide bonds. The van der Waals surface area contributed by atoms with Crippen LogP contribution in [-0.4, -0.2) is 96.5 Å². The number of H-pyrrole nitrogens is 1. The molecule has 2 saturated heterocycles. The molecule has 2 fully saturated rings. The Hall–Kier alpha value is -4.83. The van der Waals surface area contributed by atoms with Crippen LogP contribution in [0.1, 0.15) is 45.1 Å². The average molecular weight is 671 g/mol. The van der Waals surface area contributed by atoms with Crippen molar-refractivity contribution in [3.05, 3.63) is 76.7 Å². The number of benzene rings is 1. The number of amides is 3. The van der Waals surface area contributed by atoms with Gasteiger partial charge < -0.3 is 25.4 Å². The Morgan fingerprint density at radius 1 is 1.00 bits per heavy atom. The van der Waals surface area contributed by atoms with E-state index < -0.39 is 17.8 Å². The molecule has 0 unspecified atom stereocenters. The van der Waals surface area contributed by atoms with Crippen LogP contribution in [0.4, 0.5) is 13.2 Å². The van der Waals surface area contributed by atoms with Gasteiger partial charge in [0.05, 0.1) is 28.0 Å². The molecule has 0 atom stereocenters. The summed E-state index contributed by atoms with van der Waals surface area (Å²) in [6.07, 6.45) is 1.81. The Morgan fingerprint density at radius 2 is 1.70 bits per heavy atom. The number of carbonyl (C=O) groups is 3. The van der Waals surface area contributed by atoms with Gasteiger partial charge in [-0.25, -0.2) is 19.6 Å². The van der Waals surface area contributed by atoms with E-state index >= 15 is 0 Å². The van der Waals surface area contributed by atoms with Crippen molar-refractivity contribution in [2.24, 2.45) is 5.92 Å². The van der Waals surface area contributed by atoms with Crippen LogP contribution in [0, 0.1) is 5.92 Å². The molecule has 47 heavy (non-hydrogen) atoms. The molecule has 3 N–H and O–H groups in total. The summed E-state index contributed by atoms with van der Waals surface area (Å²) in [5.74, 6) is -1.02. The lowest BCUT2D eigenvalue weighted by Crippen LogP contribution is -2.52. The molecule has 6 rings (SSSR count). The first-order valence-corrected chi connectivity index (χ1v) is 15.3. The summed E-state index contributed by atoms with van der Waals surface area (Å²) in [4.78, 5) is 56.8. The highest BCUT2D eigenvalue weighted by molar-refractivity contribution is 6.33. The van der Waals surface area contributed by atoms with Crippen molar-refractivity contribution in [1.82, 2.24) is 50.1 Å². The van der Waals surface area contributed by atoms with Gasteiger partial charge in [0, 0.05) is 57.2 Å². The van der Waals surface area contributed by atoms with E-state index in [4.69, 9.17) is 11.6 Å². The number of piperazine rings is 1. The lowest BCUT2D eigenvalue weighted by molar-refractivity contribution is -0.141. The Morgan fingerprint density at radius 3 is 2.38 bits per heavy atom. The molecule has 0 spiro atoms. The molecule has 1 aromatic carbocycles. The van der Waals surface area contributed by atoms with Crippen LogP contribution in [-0.2, 0) is 17.5 Å². The highest BCUT2D eigenvalue weighted by Gasteiger charge is 2.38. The fourth-order valence-corrected chi connectivity index (χ4v) is 5.89. The second kappa shape index (κ2) is 13.5. The second-order valence-corrected chi connectivity index (χ2v) is 11.6. The second-order valence-electron chi connectivity index (χ2n) is 11.2. The van der Waals surface area contributed by atoms with Crippen molar-refractivity contribution >= 4 is 29.3 Å². The van der Waals surface area contributed by atoms with Gasteiger partial charge >= 0.3 is 6.18 Å². The van der Waals surface area contributed by atoms with Crippen LogP contribution < -0.4 is 10.6 Å². The average Bonchev–Trinajstić information content (AvgIpc) is 3.76. The zero-order chi connectivity index (χ0) is 33.1. The summed E-state index contributed by atoms with van der Waals surface area (Å²) in [7, 11) is 0. The predicted octanol–water partition coefficient (Wildman–Crippen LogP) is 2.94. The number of rotatable bonds is 7. The Bertz CT molecular complexity index is 1760. The third kappa shape index (κ3) is 7.12. The molecule has 17 heteroatoms. The van der Waals surface area contributed by atoms with Gasteiger partial charge in [-0.2, -0.15) is 18.3 Å². The van der Waals surface area contributed by atoms with Gasteiger partial charge in [-0.15, -0.1) is 0 Å². The fraction of sp³-hybridized carbons (Fsp3) is 0.367. The van der Waals surface area contributed by atoms with Crippen molar-refractivity contribution in [2.75, 3.05) is 39.3 Å². The first-order valence-electron chi connectivity index (χ1n) is 14.9. The highest BCUT2D eigenvalue weighted by Crippen LogP contribution is 2.36. The van der Waals surface area contributed by atoms with Crippen molar-refractivity contribution in [3.63, 3.8) is 0 Å². The maximum Gasteiger partial charge on any atom is 0.435 e. The molecule has 2 aliphatic heterocycles. The van der Waals surface area contributed by atoms with Crippen LogP contribution in [0.3, 0.4) is 0 Å². The van der Waals surface area contributed by atoms with Crippen LogP contribution in [0.5, 0.6) is 0 Å². The van der Waals surface area contributed by atoms with E-state index in [0.717, 1.165) is 43.0 Å². The molecule has 0 aliphatic carbocycles. The van der Waals surface area contributed by atoms with Crippen LogP contribution in [0.15, 0.2) is 49.1 Å². The molecule has 3 aromatic heterocycles. The summed E-state index contributed by atoms with van der Waals surface area (Å²) in [6.45, 7) is 3.42. The van der Waals surface area contributed by atoms with E-state index in [-0.39, 0.29) is 52.3 Å². The maximum atomic E-state index is 13.8. The quantitative estimate of drug-likeness (QED) is 0.271. The number of piperidine rings is 1. The van der Waals surface area contributed by atoms with Gasteiger partial charge in [-0.05, 0) is 49.7 Å². The van der Waals surface area contributed by atoms with Crippen LogP contribution in [0.2, 0.25) is 5.02 Å². The molecular formula is C30H30ClF3N10O3. The number of imidazole rings is 1. The number of carbonyl (C=O) groups excluding carboxylic acids is 3. The molecule has 13 nitrogen and oxygen atoms in total. The molecule has 4 aromatic rings. The van der Waals surface area contributed by atoms with Gasteiger partial charge in [0.25, 0.3) is 11.8 Å². The third-order valence-corrected chi connectivity index (χ3v) is 8.42. The number of aromatic amines is 1. The number of hydrogen-bond donors (Lipinski definition) is 3. The molecular weight excluding hydrogens is 641 g/mol. The molecule has 0 radical (unpaired) electrons. The van der Waals surface area contributed by atoms with Gasteiger partial charge in [0.2, 0.25) is 11.9 Å². The lowest BCUT2D eigenvalue weighted by atomic mass is 9.96. The monoisotopic (exact) mass is 670 g/mol. The Balaban J connectivity index is 1.06. The van der Waals surface area contributed by atoms with Crippen LogP contribution >= 0.6 is 11.6 Å². The zero-order valence-corrected chi connectivity index (χ0v) is 25.7. The van der Waals surface area contributed by atoms with Crippen molar-refractivity contribution in [3.8, 4) is 17.2 Å². The summed E-state index contributed by atoms with van der Waals surface area (Å²) in [5.41, 5.74) is -0.715. The van der Waals surface area contributed by atoms with E-state index in [1.165, 1.54) is 18.5 Å². The molecule has 0 saturated carbocycles. The van der Waals surface area contributed by atoms with Crippen molar-refractivity contribution in [2.45, 2.75) is 25.6 Å². The van der Waals surface area contributed by atoms with Crippen molar-refractivity contribution < 1.29 is 27.6 Å². The SMILES string of the molecule is O=C(NCc1ccc(C(=O)N2CCN(C(=O)C3CCNCC3)CC2)c(Cl)c1)c1ncc(-c2cn(-c3ncccn3)nc2C(F)(F)F)[nH]1. The number of halogens is 4. The largest absolute Gasteiger partial charge is 0.435 e. The summed E-state index contributed by atoms with van der Waals surface area (Å²) in [6, 6.07) is 6.31. The molecule has 0 bridgehead atoms. The van der Waals surface area contributed by atoms with Crippen molar-refractivity contribution in [1.29, 1.82) is 0 Å². The van der Waals surface area contributed by atoms with E-state index in [1.54, 1.807) is 23.1 Å². The topological polar surface area (TPSA) is 154 Å². The van der Waals surface area contributed by atoms with Gasteiger partial charge in [-0.3, -0.25) is 14.4 Å². The standard InChI is InChI=1S/C30H30ClF3N10O3/c31-22-14-18(2-3-20(22)28(47)43-12-10-42(11-13-43)27(46)19-4-8-35-9-5-19)15-39-26(45)25-38-16-23(40-25)21-17-44(29-36-6-1-7-37-29)41-24(21)30(32,33)34/h1-3,6-7,14,16-17,19,35H,4-5,8-13,15H2,(H,38,40)(H,39,45). The minimum atomic E-state index is -4.80. The number of nitrogens with zero attached hydrogens (tertiary/aromatic N) is 7. The normalized spacial score (nSPS) is 15.9. The van der Waals surface area contributed by atoms with E-state index in [9.17, 15) is 27.6 Å². The minimum absolute atomic E-state index is 0.0115. The summed E-state index contributed by atoms with van der Waals surface area (Å²) in [5, 5.41) is 9.72. The molecule has 246 valence electrons. The van der Waals surface area contributed by atoms with Crippen LogP contribution in [0.25, 0.3) is 17.2 Å². The minimum Gasteiger partial charge on any atom is -0.345 e. The fourth-order valence-electron chi connectivity index (χ4n) is 5.60. The first kappa shape index (κ1) is 32.1. The third-order valence-electron chi connectivity index (χ3n) is 8.10. The number of nitrogens with one attached hydrogen (secondary N) is 3. The maximum absolute atomic E-state index is 13.8. The molecule has 2 aliphatic rings. The Labute approximate surface area is 271 Å². The molecule has 5 heterocycles. The van der Waals surface area contributed by atoms with E-state index in [0.29, 0.717) is 37.3 Å². The number of alkyl halides is 3. The number of aromatic nitrogens is 6. The summed E-state index contributed by atoms with van der Waals surface area (Å²) >= 11 is 6.47. The lowest BCUT2D eigenvalue weighted by Gasteiger charge is -2.37. The summed E-state index contributed by atoms with van der Waals surface area (Å²) < 4.78 is 42.2. The first-order chi connectivity index (χ1) is 22.6. The van der Waals surface area contributed by atoms with E-state index in [2.05, 4.69) is 35.7 Å². The zero-order valence-electron chi connectivity index (χ0n) is 24.9. The van der Waals surface area contributed by atoms with E-state index in [1.807, 2.05) is 4.90 Å². The number of hydrogen-bond acceptors (Lipinski definition) is 8. The predicted molar refractivity (Wildman–Crippen MR) is 162 cm³/mol. The van der Waals surface area contributed by atoms with Gasteiger partial charge in [-0.1, -0.05) is 17.7 Å². The van der Waals surface area contributed by atoms with Gasteiger partial charge in [0.15, 0.2) is 11.5 Å². The smallest absolute Gasteiger partial charge is 0.345 e. The van der Waals surface area contributed by atoms with Gasteiger partial charge in [0.1, 0.15) is 0 Å².